The molecule has 0 spiro atoms. The normalized spacial score (nSPS) is 26.9. The van der Waals surface area contributed by atoms with E-state index in [-0.39, 0.29) is 193 Å². The standard InChI is InChI=1S/C17H22O2.C16H22O2.C15H20O2.C14H24O2.C14H22O2.C13H18O2S.C13H24O2.C10H18O2.3C2H6/c1-12(2)19-16(18)15-14(17(15,3)4)11-10-13-8-6-5-7-9-13;1-10(2)18-15(17)14-13(16(14,4)5)12-8-6-11(3)7-9-12;1-11(2)17-13(16)15(10-14(15,3)4)12-8-6-5-7-9-12;1-8(2)16-12(15)11-10(14(11,5)6)9-7-13(9,3)4;1-9(2)7-8-11-12(14(11,5)6)13(15)16-10(3)4;1-8(2)15-12(14)11-10(13(11,3)4)9-6-5-7-16-9;1-8(2)7-10-11(13(10,5)6)12(14)15-9(3)4;1-6(2)12-9(11)8-7(3)10(8,4)5;3*1-2/h5-12,14-15H,1-4H3;6-10,13-14H,1-5H3;5-9,11H,10H2,1-4H3;8-11H,7H2,1-6H3;8,10-12H,1-6H3;5-8,10-11H,1-4H3;8-11H,7H2,1-6H3;6-8H,1-5H3;3*1-2H3. The van der Waals surface area contributed by atoms with Crippen LogP contribution >= 0.6 is 11.3 Å². The topological polar surface area (TPSA) is 210 Å². The summed E-state index contributed by atoms with van der Waals surface area (Å²) in [5, 5.41) is 2.06. The molecule has 3 aromatic carbocycles. The Morgan fingerprint density at radius 3 is 1.10 bits per heavy atom. The highest BCUT2D eigenvalue weighted by Gasteiger charge is 2.73. The molecule has 16 unspecified atom stereocenters. The Morgan fingerprint density at radius 1 is 0.400 bits per heavy atom. The van der Waals surface area contributed by atoms with E-state index in [2.05, 4.69) is 218 Å². The summed E-state index contributed by atoms with van der Waals surface area (Å²) in [4.78, 5) is 96.6. The molecule has 17 heteroatoms. The van der Waals surface area contributed by atoms with E-state index in [1.54, 1.807) is 11.3 Å². The molecule has 0 radical (unpaired) electrons. The number of hydrogen-bond acceptors (Lipinski definition) is 17. The van der Waals surface area contributed by atoms with Crippen molar-refractivity contribution in [2.45, 2.75) is 404 Å². The van der Waals surface area contributed by atoms with Gasteiger partial charge in [0.25, 0.3) is 0 Å². The minimum Gasteiger partial charge on any atom is -0.463 e. The van der Waals surface area contributed by atoms with E-state index in [9.17, 15) is 38.4 Å². The first-order chi connectivity index (χ1) is 62.2. The highest BCUT2D eigenvalue weighted by Crippen LogP contribution is 2.74. The SMILES string of the molecule is CC.CC.CC.CC(C)=C=CC1C(C(=O)OC(C)C)C1(C)C.CC(C)CC1C(C(=O)OC(C)C)C1(C)C.CC(C)OC(=O)C1(c2ccccc2)CC1(C)C.CC(C)OC(=O)C1C(C)C1(C)C.CC(C)OC(=O)C1C(C2CC2(C)C)C1(C)C.CC(C)OC(=O)C1C(C=Cc2ccccc2)C1(C)C.CC(C)OC(=O)C1C(c2cccs2)C1(C)C.Cc1ccc(C2C(C(=O)OC(C)C)C2(C)C)cc1. The van der Waals surface area contributed by atoms with E-state index >= 15 is 0 Å². The number of aryl methyl sites for hydroxylation is 1. The summed E-state index contributed by atoms with van der Waals surface area (Å²) >= 11 is 1.73. The Morgan fingerprint density at radius 2 is 0.748 bits per heavy atom. The van der Waals surface area contributed by atoms with Gasteiger partial charge in [0.05, 0.1) is 95.7 Å². The minimum absolute atomic E-state index is 0.000324. The van der Waals surface area contributed by atoms with Gasteiger partial charge in [0, 0.05) is 22.6 Å². The van der Waals surface area contributed by atoms with E-state index in [4.69, 9.17) is 37.9 Å². The van der Waals surface area contributed by atoms with Crippen molar-refractivity contribution in [3.8, 4) is 0 Å². The van der Waals surface area contributed by atoms with Crippen molar-refractivity contribution in [3.05, 3.63) is 153 Å². The maximum absolute atomic E-state index is 12.3. The zero-order valence-electron chi connectivity index (χ0n) is 93.0. The maximum atomic E-state index is 12.3. The van der Waals surface area contributed by atoms with Crippen LogP contribution in [0.4, 0.5) is 0 Å². The fourth-order valence-corrected chi connectivity index (χ4v) is 20.9. The Labute approximate surface area is 824 Å². The molecule has 0 saturated heterocycles. The fraction of sp³-hybridized carbons (Fsp3) is 0.703. The lowest BCUT2D eigenvalue weighted by Crippen LogP contribution is -2.30. The van der Waals surface area contributed by atoms with Gasteiger partial charge < -0.3 is 37.9 Å². The lowest BCUT2D eigenvalue weighted by atomic mass is 9.88. The van der Waals surface area contributed by atoms with Crippen molar-refractivity contribution < 1.29 is 76.3 Å². The molecule has 1 aromatic heterocycles. The summed E-state index contributed by atoms with van der Waals surface area (Å²) in [6.07, 6.45) is 9.37. The molecule has 0 aliphatic heterocycles. The number of ether oxygens (including phenoxy) is 8. The highest BCUT2D eigenvalue weighted by atomic mass is 32.1. The number of benzene rings is 3. The van der Waals surface area contributed by atoms with Crippen molar-refractivity contribution in [2.75, 3.05) is 0 Å². The third-order valence-corrected chi connectivity index (χ3v) is 29.6. The van der Waals surface area contributed by atoms with Crippen molar-refractivity contribution in [2.24, 2.45) is 132 Å². The Balaban J connectivity index is 0.000000395. The van der Waals surface area contributed by atoms with Crippen LogP contribution in [0.5, 0.6) is 0 Å². The summed E-state index contributed by atoms with van der Waals surface area (Å²) in [6.45, 7) is 93.8. The third kappa shape index (κ3) is 33.0. The van der Waals surface area contributed by atoms with Crippen molar-refractivity contribution in [3.63, 3.8) is 0 Å². The Hall–Kier alpha value is -7.62. The first-order valence-electron chi connectivity index (χ1n) is 51.1. The van der Waals surface area contributed by atoms with Gasteiger partial charge in [0.15, 0.2) is 0 Å². The van der Waals surface area contributed by atoms with Crippen LogP contribution < -0.4 is 0 Å². The zero-order valence-corrected chi connectivity index (χ0v) is 93.8. The van der Waals surface area contributed by atoms with Gasteiger partial charge in [-0.2, -0.15) is 0 Å². The van der Waals surface area contributed by atoms with Crippen LogP contribution in [-0.4, -0.2) is 96.6 Å². The van der Waals surface area contributed by atoms with Gasteiger partial charge in [-0.25, -0.2) is 0 Å². The van der Waals surface area contributed by atoms with Crippen molar-refractivity contribution in [1.82, 2.24) is 0 Å². The molecule has 1 heterocycles. The van der Waals surface area contributed by atoms with Crippen molar-refractivity contribution >= 4 is 65.2 Å². The molecule has 9 aliphatic rings. The first kappa shape index (κ1) is 122. The van der Waals surface area contributed by atoms with Crippen LogP contribution in [0.1, 0.15) is 370 Å². The largest absolute Gasteiger partial charge is 0.463 e. The summed E-state index contributed by atoms with van der Waals surface area (Å²) in [7, 11) is 0. The minimum atomic E-state index is -0.432. The lowest BCUT2D eigenvalue weighted by molar-refractivity contribution is -0.152. The number of carbonyl (C=O) groups excluding carboxylic acids is 8. The summed E-state index contributed by atoms with van der Waals surface area (Å²) in [6, 6.07) is 32.8. The van der Waals surface area contributed by atoms with E-state index in [0.29, 0.717) is 40.9 Å². The van der Waals surface area contributed by atoms with Gasteiger partial charge >= 0.3 is 47.8 Å². The smallest absolute Gasteiger partial charge is 0.317 e. The molecule has 135 heavy (non-hydrogen) atoms. The second kappa shape index (κ2) is 50.0. The Kier molecular flexibility index (Phi) is 45.0. The predicted molar refractivity (Wildman–Crippen MR) is 555 cm³/mol. The number of carbonyl (C=O) groups is 8. The quantitative estimate of drug-likeness (QED) is 0.0343. The molecule has 13 rings (SSSR count). The van der Waals surface area contributed by atoms with E-state index in [1.807, 2.05) is 227 Å². The van der Waals surface area contributed by atoms with E-state index < -0.39 is 5.41 Å². The maximum Gasteiger partial charge on any atom is 0.317 e. The molecule has 4 aromatic rings. The number of esters is 8. The molecule has 16 nitrogen and oxygen atoms in total. The number of thiophene rings is 1. The monoisotopic (exact) mass is 1890 g/mol. The van der Waals surface area contributed by atoms with Crippen LogP contribution in [0.15, 0.2) is 126 Å². The molecule has 9 saturated carbocycles. The zero-order chi connectivity index (χ0) is 104. The molecule has 0 amide bonds. The van der Waals surface area contributed by atoms with Gasteiger partial charge in [-0.3, -0.25) is 38.4 Å². The molecule has 0 N–H and O–H groups in total. The van der Waals surface area contributed by atoms with E-state index in [0.717, 1.165) is 29.9 Å². The predicted octanol–water partition coefficient (Wildman–Crippen LogP) is 29.5. The first-order valence-corrected chi connectivity index (χ1v) is 52.0. The van der Waals surface area contributed by atoms with Gasteiger partial charge in [0.2, 0.25) is 0 Å². The average Bonchev–Trinajstić information content (AvgIpc) is 1.51. The number of hydrogen-bond donors (Lipinski definition) is 0. The summed E-state index contributed by atoms with van der Waals surface area (Å²) in [5.74, 6) is 4.23. The second-order valence-electron chi connectivity index (χ2n) is 46.6. The van der Waals surface area contributed by atoms with Gasteiger partial charge in [-0.1, -0.05) is 296 Å². The molecular weight excluding hydrogens is 1710 g/mol. The van der Waals surface area contributed by atoms with Crippen molar-refractivity contribution in [1.29, 1.82) is 0 Å². The van der Waals surface area contributed by atoms with Crippen LogP contribution in [0.3, 0.4) is 0 Å². The average molecular weight is 1890 g/mol. The Bertz CT molecular complexity index is 4490. The highest BCUT2D eigenvalue weighted by molar-refractivity contribution is 7.10. The van der Waals surface area contributed by atoms with Crippen LogP contribution in [0, 0.1) is 139 Å². The van der Waals surface area contributed by atoms with Gasteiger partial charge in [-0.05, 0) is 275 Å². The third-order valence-electron chi connectivity index (χ3n) is 28.6. The molecule has 16 atom stereocenters. The fourth-order valence-electron chi connectivity index (χ4n) is 19.8. The van der Waals surface area contributed by atoms with Crippen LogP contribution in [0.2, 0.25) is 0 Å². The van der Waals surface area contributed by atoms with Gasteiger partial charge in [0.1, 0.15) is 0 Å². The molecule has 9 aliphatic carbocycles. The summed E-state index contributed by atoms with van der Waals surface area (Å²) in [5.41, 5.74) is 9.65. The number of allylic oxidation sites excluding steroid dienone is 2. The van der Waals surface area contributed by atoms with Crippen LogP contribution in [0.25, 0.3) is 6.08 Å². The molecule has 762 valence electrons. The molecule has 9 fully saturated rings. The van der Waals surface area contributed by atoms with E-state index in [1.165, 1.54) is 28.0 Å². The molecule has 0 bridgehead atoms. The lowest BCUT2D eigenvalue weighted by Gasteiger charge is -2.21. The summed E-state index contributed by atoms with van der Waals surface area (Å²) < 4.78 is 42.4. The second-order valence-corrected chi connectivity index (χ2v) is 47.6. The van der Waals surface area contributed by atoms with Gasteiger partial charge in [-0.15, -0.1) is 17.1 Å². The molecular formula is C118H188O16S. The number of rotatable bonds is 25. The van der Waals surface area contributed by atoms with Crippen LogP contribution in [-0.2, 0) is 81.7 Å².